The maximum absolute atomic E-state index is 13.1. The van der Waals surface area contributed by atoms with Crippen molar-refractivity contribution in [1.82, 2.24) is 4.90 Å². The van der Waals surface area contributed by atoms with Crippen molar-refractivity contribution in [3.05, 3.63) is 93.5 Å². The minimum absolute atomic E-state index is 0.124. The smallest absolute Gasteiger partial charge is 0.286 e. The Morgan fingerprint density at radius 2 is 1.55 bits per heavy atom. The quantitative estimate of drug-likeness (QED) is 0.409. The van der Waals surface area contributed by atoms with Crippen molar-refractivity contribution in [2.45, 2.75) is 6.54 Å². The summed E-state index contributed by atoms with van der Waals surface area (Å²) < 4.78 is 10.3. The number of methoxy groups -OCH3 is 2. The first-order valence-corrected chi connectivity index (χ1v) is 9.96. The normalized spacial score (nSPS) is 10.3. The van der Waals surface area contributed by atoms with Gasteiger partial charge in [0, 0.05) is 19.7 Å². The number of rotatable bonds is 8. The number of nitro benzene ring substituents is 1. The predicted molar refractivity (Wildman–Crippen MR) is 123 cm³/mol. The van der Waals surface area contributed by atoms with Gasteiger partial charge in [0.1, 0.15) is 5.56 Å². The number of nitrogens with zero attached hydrogens (tertiary/aromatic N) is 2. The van der Waals surface area contributed by atoms with E-state index in [0.29, 0.717) is 6.54 Å². The van der Waals surface area contributed by atoms with Gasteiger partial charge in [-0.1, -0.05) is 42.5 Å². The van der Waals surface area contributed by atoms with Crippen molar-refractivity contribution < 1.29 is 24.0 Å². The molecule has 0 fully saturated rings. The number of anilines is 1. The van der Waals surface area contributed by atoms with Gasteiger partial charge in [0.25, 0.3) is 17.5 Å². The van der Waals surface area contributed by atoms with Crippen molar-refractivity contribution >= 4 is 23.2 Å². The summed E-state index contributed by atoms with van der Waals surface area (Å²) in [6.07, 6.45) is 0. The largest absolute Gasteiger partial charge is 0.493 e. The Morgan fingerprint density at radius 3 is 2.18 bits per heavy atom. The molecule has 0 heterocycles. The number of nitro groups is 1. The molecule has 0 aromatic heterocycles. The van der Waals surface area contributed by atoms with Gasteiger partial charge in [0.15, 0.2) is 11.5 Å². The second-order valence-electron chi connectivity index (χ2n) is 7.13. The number of ether oxygens (including phenoxy) is 2. The predicted octanol–water partition coefficient (Wildman–Crippen LogP) is 4.14. The van der Waals surface area contributed by atoms with Crippen LogP contribution in [0.15, 0.2) is 66.7 Å². The lowest BCUT2D eigenvalue weighted by molar-refractivity contribution is -0.385. The minimum atomic E-state index is -0.756. The molecule has 33 heavy (non-hydrogen) atoms. The summed E-state index contributed by atoms with van der Waals surface area (Å²) >= 11 is 0. The maximum Gasteiger partial charge on any atom is 0.286 e. The third-order valence-corrected chi connectivity index (χ3v) is 4.96. The van der Waals surface area contributed by atoms with E-state index in [2.05, 4.69) is 5.32 Å². The van der Waals surface area contributed by atoms with Crippen molar-refractivity contribution in [3.8, 4) is 11.5 Å². The number of benzene rings is 3. The van der Waals surface area contributed by atoms with E-state index < -0.39 is 16.5 Å². The van der Waals surface area contributed by atoms with Crippen molar-refractivity contribution in [3.63, 3.8) is 0 Å². The Balaban J connectivity index is 1.90. The first-order chi connectivity index (χ1) is 15.8. The van der Waals surface area contributed by atoms with Crippen molar-refractivity contribution in [2.24, 2.45) is 0 Å². The highest BCUT2D eigenvalue weighted by molar-refractivity contribution is 6.11. The van der Waals surface area contributed by atoms with E-state index in [4.69, 9.17) is 9.47 Å². The first-order valence-electron chi connectivity index (χ1n) is 9.96. The van der Waals surface area contributed by atoms with Crippen LogP contribution in [0, 0.1) is 10.1 Å². The highest BCUT2D eigenvalue weighted by Gasteiger charge is 2.26. The van der Waals surface area contributed by atoms with Crippen LogP contribution in [-0.2, 0) is 6.54 Å². The zero-order valence-electron chi connectivity index (χ0n) is 18.4. The fraction of sp³-hybridized carbons (Fsp3) is 0.167. The lowest BCUT2D eigenvalue weighted by atomic mass is 10.1. The number of hydrogen-bond donors (Lipinski definition) is 1. The highest BCUT2D eigenvalue weighted by atomic mass is 16.6. The second-order valence-corrected chi connectivity index (χ2v) is 7.13. The molecular weight excluding hydrogens is 426 g/mol. The van der Waals surface area contributed by atoms with Crippen LogP contribution in [0.3, 0.4) is 0 Å². The van der Waals surface area contributed by atoms with Gasteiger partial charge >= 0.3 is 0 Å². The zero-order valence-corrected chi connectivity index (χ0v) is 18.4. The number of nitrogens with one attached hydrogen (secondary N) is 1. The molecule has 0 radical (unpaired) electrons. The van der Waals surface area contributed by atoms with Crippen LogP contribution in [0.5, 0.6) is 11.5 Å². The minimum Gasteiger partial charge on any atom is -0.493 e. The molecule has 0 saturated heterocycles. The Kier molecular flexibility index (Phi) is 7.24. The van der Waals surface area contributed by atoms with Crippen molar-refractivity contribution in [1.29, 1.82) is 0 Å². The lowest BCUT2D eigenvalue weighted by Crippen LogP contribution is -2.27. The van der Waals surface area contributed by atoms with Gasteiger partial charge in [0.05, 0.1) is 36.5 Å². The van der Waals surface area contributed by atoms with Crippen LogP contribution in [0.1, 0.15) is 26.3 Å². The molecule has 0 aliphatic rings. The molecule has 3 rings (SSSR count). The number of amides is 2. The standard InChI is InChI=1S/C24H23N3O6/c1-26(15-16-9-5-4-6-10-16)24(29)17-11-7-8-12-19(17)25-23(28)18-13-21(32-2)22(33-3)14-20(18)27(30)31/h4-14H,15H2,1-3H3,(H,25,28). The van der Waals surface area contributed by atoms with E-state index in [1.807, 2.05) is 30.3 Å². The summed E-state index contributed by atoms with van der Waals surface area (Å²) in [7, 11) is 4.37. The molecule has 9 nitrogen and oxygen atoms in total. The molecule has 0 spiro atoms. The Hall–Kier alpha value is -4.40. The van der Waals surface area contributed by atoms with E-state index in [9.17, 15) is 19.7 Å². The summed E-state index contributed by atoms with van der Waals surface area (Å²) in [6.45, 7) is 0.378. The topological polar surface area (TPSA) is 111 Å². The third kappa shape index (κ3) is 5.27. The average Bonchev–Trinajstić information content (AvgIpc) is 2.83. The molecule has 0 unspecified atom stereocenters. The van der Waals surface area contributed by atoms with E-state index in [-0.39, 0.29) is 34.2 Å². The van der Waals surface area contributed by atoms with Crippen LogP contribution < -0.4 is 14.8 Å². The molecule has 0 aliphatic carbocycles. The van der Waals surface area contributed by atoms with Gasteiger partial charge < -0.3 is 19.7 Å². The van der Waals surface area contributed by atoms with Gasteiger partial charge in [-0.2, -0.15) is 0 Å². The Morgan fingerprint density at radius 1 is 0.939 bits per heavy atom. The van der Waals surface area contributed by atoms with E-state index >= 15 is 0 Å². The number of para-hydroxylation sites is 1. The second kappa shape index (κ2) is 10.3. The molecule has 0 bridgehead atoms. The Labute approximate surface area is 190 Å². The molecular formula is C24H23N3O6. The van der Waals surface area contributed by atoms with Gasteiger partial charge in [-0.25, -0.2) is 0 Å². The molecule has 0 atom stereocenters. The van der Waals surface area contributed by atoms with E-state index in [1.165, 1.54) is 25.2 Å². The van der Waals surface area contributed by atoms with Crippen LogP contribution in [0.2, 0.25) is 0 Å². The fourth-order valence-corrected chi connectivity index (χ4v) is 3.30. The molecule has 3 aromatic rings. The summed E-state index contributed by atoms with van der Waals surface area (Å²) in [4.78, 5) is 38.5. The number of carbonyl (C=O) groups excluding carboxylic acids is 2. The van der Waals surface area contributed by atoms with Gasteiger partial charge in [-0.3, -0.25) is 19.7 Å². The summed E-state index contributed by atoms with van der Waals surface area (Å²) in [6, 6.07) is 18.3. The molecule has 9 heteroatoms. The van der Waals surface area contributed by atoms with Crippen LogP contribution in [-0.4, -0.2) is 42.9 Å². The summed E-state index contributed by atoms with van der Waals surface area (Å²) in [5.74, 6) is -0.774. The summed E-state index contributed by atoms with van der Waals surface area (Å²) in [5.41, 5.74) is 0.771. The zero-order chi connectivity index (χ0) is 24.0. The highest BCUT2D eigenvalue weighted by Crippen LogP contribution is 2.35. The SMILES string of the molecule is COc1cc(C(=O)Nc2ccccc2C(=O)N(C)Cc2ccccc2)c([N+](=O)[O-])cc1OC. The first kappa shape index (κ1) is 23.3. The van der Waals surface area contributed by atoms with E-state index in [0.717, 1.165) is 11.6 Å². The number of hydrogen-bond acceptors (Lipinski definition) is 6. The molecule has 1 N–H and O–H groups in total. The number of carbonyl (C=O) groups is 2. The molecule has 0 aliphatic heterocycles. The molecule has 170 valence electrons. The van der Waals surface area contributed by atoms with Gasteiger partial charge in [0.2, 0.25) is 0 Å². The lowest BCUT2D eigenvalue weighted by Gasteiger charge is -2.19. The summed E-state index contributed by atoms with van der Waals surface area (Å²) in [5, 5.41) is 14.2. The van der Waals surface area contributed by atoms with Crippen molar-refractivity contribution in [2.75, 3.05) is 26.6 Å². The third-order valence-electron chi connectivity index (χ3n) is 4.96. The van der Waals surface area contributed by atoms with Gasteiger partial charge in [-0.15, -0.1) is 0 Å². The maximum atomic E-state index is 13.1. The molecule has 3 aromatic carbocycles. The van der Waals surface area contributed by atoms with Crippen LogP contribution >= 0.6 is 0 Å². The van der Waals surface area contributed by atoms with Gasteiger partial charge in [-0.05, 0) is 17.7 Å². The van der Waals surface area contributed by atoms with E-state index in [1.54, 1.807) is 31.3 Å². The molecule has 0 saturated carbocycles. The monoisotopic (exact) mass is 449 g/mol. The van der Waals surface area contributed by atoms with Crippen LogP contribution in [0.25, 0.3) is 0 Å². The average molecular weight is 449 g/mol. The fourth-order valence-electron chi connectivity index (χ4n) is 3.30. The molecule has 2 amide bonds. The van der Waals surface area contributed by atoms with Crippen LogP contribution in [0.4, 0.5) is 11.4 Å². The Bertz CT molecular complexity index is 1180.